The second kappa shape index (κ2) is 7.93. The van der Waals surface area contributed by atoms with E-state index < -0.39 is 0 Å². The molecule has 126 valence electrons. The van der Waals surface area contributed by atoms with Crippen LogP contribution in [0.4, 0.5) is 4.79 Å². The van der Waals surface area contributed by atoms with Crippen LogP contribution in [0.25, 0.3) is 0 Å². The Bertz CT molecular complexity index is 704. The number of benzene rings is 2. The van der Waals surface area contributed by atoms with Gasteiger partial charge in [-0.25, -0.2) is 4.79 Å². The minimum atomic E-state index is -0.192. The van der Waals surface area contributed by atoms with Gasteiger partial charge in [-0.3, -0.25) is 0 Å². The SMILES string of the molecule is O=C(NCCc1ccc2c(c1)OCCO2)NCc1ccc(Cl)cc1. The molecule has 0 saturated carbocycles. The molecule has 0 spiro atoms. The molecule has 2 aromatic rings. The van der Waals surface area contributed by atoms with Crippen molar-refractivity contribution in [3.63, 3.8) is 0 Å². The van der Waals surface area contributed by atoms with Crippen LogP contribution in [0.5, 0.6) is 11.5 Å². The highest BCUT2D eigenvalue weighted by Gasteiger charge is 2.11. The molecule has 0 fully saturated rings. The summed E-state index contributed by atoms with van der Waals surface area (Å²) >= 11 is 5.83. The van der Waals surface area contributed by atoms with Crippen molar-refractivity contribution in [2.45, 2.75) is 13.0 Å². The van der Waals surface area contributed by atoms with Crippen molar-refractivity contribution < 1.29 is 14.3 Å². The van der Waals surface area contributed by atoms with Crippen LogP contribution in [0.2, 0.25) is 5.02 Å². The highest BCUT2D eigenvalue weighted by Crippen LogP contribution is 2.30. The number of rotatable bonds is 5. The maximum atomic E-state index is 11.8. The van der Waals surface area contributed by atoms with Crippen LogP contribution < -0.4 is 20.1 Å². The van der Waals surface area contributed by atoms with Crippen molar-refractivity contribution in [2.75, 3.05) is 19.8 Å². The van der Waals surface area contributed by atoms with Crippen molar-refractivity contribution in [1.29, 1.82) is 0 Å². The van der Waals surface area contributed by atoms with Crippen LogP contribution in [0.1, 0.15) is 11.1 Å². The molecule has 1 aliphatic rings. The maximum Gasteiger partial charge on any atom is 0.315 e. The second-order valence-corrected chi connectivity index (χ2v) is 5.90. The molecule has 5 nitrogen and oxygen atoms in total. The van der Waals surface area contributed by atoms with Gasteiger partial charge in [0.05, 0.1) is 0 Å². The number of amides is 2. The number of nitrogens with one attached hydrogen (secondary N) is 2. The van der Waals surface area contributed by atoms with E-state index in [-0.39, 0.29) is 6.03 Å². The first kappa shape index (κ1) is 16.5. The molecule has 3 rings (SSSR count). The van der Waals surface area contributed by atoms with E-state index in [2.05, 4.69) is 10.6 Å². The molecule has 0 bridgehead atoms. The third kappa shape index (κ3) is 4.55. The van der Waals surface area contributed by atoms with Gasteiger partial charge in [0.2, 0.25) is 0 Å². The van der Waals surface area contributed by atoms with Gasteiger partial charge in [-0.1, -0.05) is 29.8 Å². The molecule has 24 heavy (non-hydrogen) atoms. The lowest BCUT2D eigenvalue weighted by Gasteiger charge is -2.18. The minimum absolute atomic E-state index is 0.192. The highest BCUT2D eigenvalue weighted by molar-refractivity contribution is 6.30. The lowest BCUT2D eigenvalue weighted by atomic mass is 10.1. The van der Waals surface area contributed by atoms with Gasteiger partial charge in [0.15, 0.2) is 11.5 Å². The minimum Gasteiger partial charge on any atom is -0.486 e. The van der Waals surface area contributed by atoms with Gasteiger partial charge in [0.25, 0.3) is 0 Å². The average molecular weight is 347 g/mol. The van der Waals surface area contributed by atoms with Crippen LogP contribution >= 0.6 is 11.6 Å². The summed E-state index contributed by atoms with van der Waals surface area (Å²) < 4.78 is 11.0. The lowest BCUT2D eigenvalue weighted by molar-refractivity contribution is 0.171. The number of carbonyl (C=O) groups is 1. The van der Waals surface area contributed by atoms with Gasteiger partial charge in [-0.05, 0) is 41.8 Å². The van der Waals surface area contributed by atoms with Gasteiger partial charge in [0, 0.05) is 18.1 Å². The van der Waals surface area contributed by atoms with E-state index in [0.29, 0.717) is 31.3 Å². The third-order valence-electron chi connectivity index (χ3n) is 3.67. The molecule has 2 aromatic carbocycles. The zero-order valence-electron chi connectivity index (χ0n) is 13.2. The van der Waals surface area contributed by atoms with Crippen LogP contribution in [0.15, 0.2) is 42.5 Å². The maximum absolute atomic E-state index is 11.8. The van der Waals surface area contributed by atoms with Crippen molar-refractivity contribution in [1.82, 2.24) is 10.6 Å². The summed E-state index contributed by atoms with van der Waals surface area (Å²) in [5, 5.41) is 6.34. The number of halogens is 1. The quantitative estimate of drug-likeness (QED) is 0.874. The van der Waals surface area contributed by atoms with Gasteiger partial charge < -0.3 is 20.1 Å². The topological polar surface area (TPSA) is 59.6 Å². The molecule has 1 heterocycles. The largest absolute Gasteiger partial charge is 0.486 e. The van der Waals surface area contributed by atoms with E-state index in [1.54, 1.807) is 12.1 Å². The summed E-state index contributed by atoms with van der Waals surface area (Å²) in [7, 11) is 0. The van der Waals surface area contributed by atoms with Gasteiger partial charge >= 0.3 is 6.03 Å². The molecule has 6 heteroatoms. The second-order valence-electron chi connectivity index (χ2n) is 5.46. The van der Waals surface area contributed by atoms with E-state index >= 15 is 0 Å². The number of fused-ring (bicyclic) bond motifs is 1. The van der Waals surface area contributed by atoms with Gasteiger partial charge in [-0.15, -0.1) is 0 Å². The lowest BCUT2D eigenvalue weighted by Crippen LogP contribution is -2.36. The Hall–Kier alpha value is -2.40. The fourth-order valence-electron chi connectivity index (χ4n) is 2.41. The molecule has 0 radical (unpaired) electrons. The zero-order chi connectivity index (χ0) is 16.8. The fourth-order valence-corrected chi connectivity index (χ4v) is 2.54. The predicted molar refractivity (Wildman–Crippen MR) is 92.8 cm³/mol. The van der Waals surface area contributed by atoms with Crippen LogP contribution in [-0.2, 0) is 13.0 Å². The Labute approximate surface area is 145 Å². The normalized spacial score (nSPS) is 12.5. The van der Waals surface area contributed by atoms with E-state index in [1.165, 1.54) is 0 Å². The average Bonchev–Trinajstić information content (AvgIpc) is 2.61. The molecule has 1 aliphatic heterocycles. The molecular weight excluding hydrogens is 328 g/mol. The molecule has 0 unspecified atom stereocenters. The van der Waals surface area contributed by atoms with Crippen molar-refractivity contribution >= 4 is 17.6 Å². The van der Waals surface area contributed by atoms with E-state index in [4.69, 9.17) is 21.1 Å². The number of ether oxygens (including phenoxy) is 2. The molecule has 0 aliphatic carbocycles. The number of urea groups is 1. The van der Waals surface area contributed by atoms with Crippen LogP contribution in [0.3, 0.4) is 0 Å². The number of carbonyl (C=O) groups excluding carboxylic acids is 1. The summed E-state index contributed by atoms with van der Waals surface area (Å²) in [6, 6.07) is 13.0. The first-order valence-corrected chi connectivity index (χ1v) is 8.23. The summed E-state index contributed by atoms with van der Waals surface area (Å²) in [5.74, 6) is 1.55. The van der Waals surface area contributed by atoms with Crippen molar-refractivity contribution in [3.05, 3.63) is 58.6 Å². The monoisotopic (exact) mass is 346 g/mol. The van der Waals surface area contributed by atoms with Crippen LogP contribution in [-0.4, -0.2) is 25.8 Å². The first-order valence-electron chi connectivity index (χ1n) is 7.85. The fraction of sp³-hybridized carbons (Fsp3) is 0.278. The predicted octanol–water partition coefficient (Wildman–Crippen LogP) is 3.15. The Morgan fingerprint density at radius 2 is 1.67 bits per heavy atom. The molecule has 0 atom stereocenters. The Balaban J connectivity index is 1.41. The zero-order valence-corrected chi connectivity index (χ0v) is 13.9. The van der Waals surface area contributed by atoms with E-state index in [1.807, 2.05) is 30.3 Å². The number of hydrogen-bond donors (Lipinski definition) is 2. The molecule has 0 saturated heterocycles. The smallest absolute Gasteiger partial charge is 0.315 e. The van der Waals surface area contributed by atoms with Crippen LogP contribution in [0, 0.1) is 0 Å². The number of hydrogen-bond acceptors (Lipinski definition) is 3. The summed E-state index contributed by atoms with van der Waals surface area (Å²) in [6.07, 6.45) is 0.727. The standard InChI is InChI=1S/C18H19ClN2O3/c19-15-4-1-14(2-5-15)12-21-18(22)20-8-7-13-3-6-16-17(11-13)24-10-9-23-16/h1-6,11H,7-10,12H2,(H2,20,21,22). The van der Waals surface area contributed by atoms with Gasteiger partial charge in [0.1, 0.15) is 13.2 Å². The third-order valence-corrected chi connectivity index (χ3v) is 3.92. The van der Waals surface area contributed by atoms with Gasteiger partial charge in [-0.2, -0.15) is 0 Å². The van der Waals surface area contributed by atoms with E-state index in [0.717, 1.165) is 29.0 Å². The Morgan fingerprint density at radius 3 is 2.46 bits per heavy atom. The summed E-state index contributed by atoms with van der Waals surface area (Å²) in [5.41, 5.74) is 2.10. The molecule has 0 aromatic heterocycles. The molecule has 2 amide bonds. The molecular formula is C18H19ClN2O3. The highest BCUT2D eigenvalue weighted by atomic mass is 35.5. The first-order chi connectivity index (χ1) is 11.7. The Morgan fingerprint density at radius 1 is 0.958 bits per heavy atom. The summed E-state index contributed by atoms with van der Waals surface area (Å²) in [4.78, 5) is 11.8. The Kier molecular flexibility index (Phi) is 5.43. The van der Waals surface area contributed by atoms with E-state index in [9.17, 15) is 4.79 Å². The van der Waals surface area contributed by atoms with Crippen molar-refractivity contribution in [2.24, 2.45) is 0 Å². The molecule has 2 N–H and O–H groups in total. The van der Waals surface area contributed by atoms with Crippen molar-refractivity contribution in [3.8, 4) is 11.5 Å². The summed E-state index contributed by atoms with van der Waals surface area (Å²) in [6.45, 7) is 2.17.